The summed E-state index contributed by atoms with van der Waals surface area (Å²) < 4.78 is 1.01. The van der Waals surface area contributed by atoms with E-state index in [0.717, 1.165) is 10.0 Å². The van der Waals surface area contributed by atoms with Gasteiger partial charge >= 0.3 is 0 Å². The molecule has 0 saturated heterocycles. The summed E-state index contributed by atoms with van der Waals surface area (Å²) in [5.41, 5.74) is 6.56. The van der Waals surface area contributed by atoms with Crippen molar-refractivity contribution in [1.82, 2.24) is 0 Å². The molecule has 3 nitrogen and oxygen atoms in total. The Morgan fingerprint density at radius 1 is 1.36 bits per heavy atom. The first-order valence-corrected chi connectivity index (χ1v) is 5.14. The number of nitrogens with two attached hydrogens (primary N) is 1. The highest BCUT2D eigenvalue weighted by Gasteiger charge is 1.99. The Morgan fingerprint density at radius 3 is 2.43 bits per heavy atom. The highest BCUT2D eigenvalue weighted by Crippen LogP contribution is 2.10. The number of rotatable bonds is 3. The Balaban J connectivity index is 2.73. The Labute approximate surface area is 92.1 Å². The van der Waals surface area contributed by atoms with E-state index in [1.807, 2.05) is 38.1 Å². The highest BCUT2D eigenvalue weighted by molar-refractivity contribution is 9.10. The summed E-state index contributed by atoms with van der Waals surface area (Å²) >= 11 is 3.34. The van der Waals surface area contributed by atoms with Crippen molar-refractivity contribution in [3.8, 4) is 0 Å². The van der Waals surface area contributed by atoms with Crippen LogP contribution < -0.4 is 5.73 Å². The summed E-state index contributed by atoms with van der Waals surface area (Å²) in [6, 6.07) is 7.58. The molecule has 4 heteroatoms. The zero-order chi connectivity index (χ0) is 10.6. The van der Waals surface area contributed by atoms with Crippen molar-refractivity contribution in [3.05, 3.63) is 34.3 Å². The van der Waals surface area contributed by atoms with Gasteiger partial charge < -0.3 is 10.6 Å². The smallest absolute Gasteiger partial charge is 0.170 e. The van der Waals surface area contributed by atoms with Gasteiger partial charge in [-0.25, -0.2) is 0 Å². The Kier molecular flexibility index (Phi) is 3.95. The molecule has 0 spiro atoms. The summed E-state index contributed by atoms with van der Waals surface area (Å²) in [6.07, 6.45) is 0.0454. The van der Waals surface area contributed by atoms with Gasteiger partial charge in [-0.1, -0.05) is 33.2 Å². The molecule has 0 unspecified atom stereocenters. The van der Waals surface area contributed by atoms with E-state index in [9.17, 15) is 0 Å². The monoisotopic (exact) mass is 256 g/mol. The molecule has 0 fully saturated rings. The lowest BCUT2D eigenvalue weighted by molar-refractivity contribution is 0.0858. The topological polar surface area (TPSA) is 47.6 Å². The van der Waals surface area contributed by atoms with Crippen molar-refractivity contribution in [2.24, 2.45) is 10.9 Å². The van der Waals surface area contributed by atoms with Gasteiger partial charge in [0.2, 0.25) is 0 Å². The lowest BCUT2D eigenvalue weighted by Gasteiger charge is -2.04. The van der Waals surface area contributed by atoms with Crippen molar-refractivity contribution < 1.29 is 4.84 Å². The number of nitrogens with zero attached hydrogens (tertiary/aromatic N) is 1. The molecule has 0 aromatic heterocycles. The van der Waals surface area contributed by atoms with Gasteiger partial charge in [0.15, 0.2) is 5.84 Å². The van der Waals surface area contributed by atoms with Crippen molar-refractivity contribution in [1.29, 1.82) is 0 Å². The zero-order valence-corrected chi connectivity index (χ0v) is 9.78. The lowest BCUT2D eigenvalue weighted by atomic mass is 10.2. The number of amidine groups is 1. The molecular weight excluding hydrogens is 244 g/mol. The Bertz CT molecular complexity index is 319. The van der Waals surface area contributed by atoms with Gasteiger partial charge in [-0.15, -0.1) is 0 Å². The van der Waals surface area contributed by atoms with Crippen LogP contribution in [0.2, 0.25) is 0 Å². The predicted octanol–water partition coefficient (Wildman–Crippen LogP) is 2.49. The van der Waals surface area contributed by atoms with E-state index in [-0.39, 0.29) is 6.10 Å². The van der Waals surface area contributed by atoms with Crippen LogP contribution in [0.25, 0.3) is 0 Å². The molecule has 0 aliphatic carbocycles. The van der Waals surface area contributed by atoms with E-state index in [2.05, 4.69) is 21.1 Å². The van der Waals surface area contributed by atoms with Crippen molar-refractivity contribution >= 4 is 21.8 Å². The molecule has 0 radical (unpaired) electrons. The third-order valence-corrected chi connectivity index (χ3v) is 2.03. The minimum atomic E-state index is 0.0454. The van der Waals surface area contributed by atoms with Gasteiger partial charge in [-0.3, -0.25) is 0 Å². The fraction of sp³-hybridized carbons (Fsp3) is 0.300. The molecule has 1 aromatic rings. The van der Waals surface area contributed by atoms with Crippen LogP contribution in [0.15, 0.2) is 33.9 Å². The molecule has 0 bridgehead atoms. The molecule has 0 aliphatic rings. The summed E-state index contributed by atoms with van der Waals surface area (Å²) in [7, 11) is 0. The molecule has 76 valence electrons. The minimum absolute atomic E-state index is 0.0454. The third kappa shape index (κ3) is 3.38. The quantitative estimate of drug-likeness (QED) is 0.513. The largest absolute Gasteiger partial charge is 0.391 e. The van der Waals surface area contributed by atoms with Crippen LogP contribution in [-0.2, 0) is 4.84 Å². The van der Waals surface area contributed by atoms with Gasteiger partial charge in [-0.05, 0) is 26.0 Å². The first kappa shape index (κ1) is 11.0. The number of halogens is 1. The molecular formula is C10H13BrN2O. The molecule has 0 amide bonds. The predicted molar refractivity (Wildman–Crippen MR) is 61.1 cm³/mol. The van der Waals surface area contributed by atoms with Crippen LogP contribution in [0.4, 0.5) is 0 Å². The fourth-order valence-corrected chi connectivity index (χ4v) is 1.10. The van der Waals surface area contributed by atoms with Gasteiger partial charge in [-0.2, -0.15) is 0 Å². The van der Waals surface area contributed by atoms with Gasteiger partial charge in [0, 0.05) is 10.0 Å². The molecule has 0 heterocycles. The van der Waals surface area contributed by atoms with E-state index in [1.165, 1.54) is 0 Å². The van der Waals surface area contributed by atoms with Crippen LogP contribution in [0.5, 0.6) is 0 Å². The molecule has 1 aromatic carbocycles. The van der Waals surface area contributed by atoms with Gasteiger partial charge in [0.05, 0.1) is 0 Å². The normalized spacial score (nSPS) is 11.9. The fourth-order valence-electron chi connectivity index (χ4n) is 0.836. The molecule has 2 N–H and O–H groups in total. The maximum atomic E-state index is 5.70. The number of hydrogen-bond donors (Lipinski definition) is 1. The Hall–Kier alpha value is -1.03. The first-order valence-electron chi connectivity index (χ1n) is 4.35. The highest BCUT2D eigenvalue weighted by atomic mass is 79.9. The number of hydrogen-bond acceptors (Lipinski definition) is 2. The van der Waals surface area contributed by atoms with E-state index >= 15 is 0 Å². The summed E-state index contributed by atoms with van der Waals surface area (Å²) in [6.45, 7) is 3.80. The van der Waals surface area contributed by atoms with Crippen LogP contribution in [-0.4, -0.2) is 11.9 Å². The zero-order valence-electron chi connectivity index (χ0n) is 8.20. The second kappa shape index (κ2) is 5.00. The summed E-state index contributed by atoms with van der Waals surface area (Å²) in [4.78, 5) is 5.04. The van der Waals surface area contributed by atoms with Crippen LogP contribution in [0.1, 0.15) is 19.4 Å². The third-order valence-electron chi connectivity index (χ3n) is 1.50. The maximum Gasteiger partial charge on any atom is 0.170 e. The van der Waals surface area contributed by atoms with Crippen molar-refractivity contribution in [2.45, 2.75) is 20.0 Å². The standard InChI is InChI=1S/C10H13BrN2O/c1-7(2)14-13-10(12)8-3-5-9(11)6-4-8/h3-7H,1-2H3,(H2,12,13). The SMILES string of the molecule is CC(C)O/N=C(\N)c1ccc(Br)cc1. The van der Waals surface area contributed by atoms with Crippen LogP contribution in [0, 0.1) is 0 Å². The summed E-state index contributed by atoms with van der Waals surface area (Å²) in [5, 5.41) is 3.80. The number of benzene rings is 1. The summed E-state index contributed by atoms with van der Waals surface area (Å²) in [5.74, 6) is 0.395. The molecule has 0 aliphatic heterocycles. The second-order valence-electron chi connectivity index (χ2n) is 3.14. The second-order valence-corrected chi connectivity index (χ2v) is 4.05. The Morgan fingerprint density at radius 2 is 1.93 bits per heavy atom. The van der Waals surface area contributed by atoms with Crippen LogP contribution in [0.3, 0.4) is 0 Å². The van der Waals surface area contributed by atoms with Gasteiger partial charge in [0.1, 0.15) is 6.10 Å². The molecule has 1 rings (SSSR count). The average molecular weight is 257 g/mol. The maximum absolute atomic E-state index is 5.70. The lowest BCUT2D eigenvalue weighted by Crippen LogP contribution is -2.14. The molecule has 0 atom stereocenters. The van der Waals surface area contributed by atoms with Gasteiger partial charge in [0.25, 0.3) is 0 Å². The van der Waals surface area contributed by atoms with E-state index in [0.29, 0.717) is 5.84 Å². The molecule has 14 heavy (non-hydrogen) atoms. The average Bonchev–Trinajstić information content (AvgIpc) is 2.15. The minimum Gasteiger partial charge on any atom is -0.391 e. The van der Waals surface area contributed by atoms with Crippen molar-refractivity contribution in [2.75, 3.05) is 0 Å². The van der Waals surface area contributed by atoms with Crippen molar-refractivity contribution in [3.63, 3.8) is 0 Å². The number of oxime groups is 1. The van der Waals surface area contributed by atoms with Crippen LogP contribution >= 0.6 is 15.9 Å². The van der Waals surface area contributed by atoms with E-state index in [4.69, 9.17) is 10.6 Å². The first-order chi connectivity index (χ1) is 6.59. The molecule has 0 saturated carbocycles. The van der Waals surface area contributed by atoms with E-state index in [1.54, 1.807) is 0 Å². The van der Waals surface area contributed by atoms with E-state index < -0.39 is 0 Å².